The van der Waals surface area contributed by atoms with Crippen molar-refractivity contribution in [2.45, 2.75) is 52.5 Å². The first-order chi connectivity index (χ1) is 9.20. The van der Waals surface area contributed by atoms with Gasteiger partial charge in [0.25, 0.3) is 0 Å². The van der Waals surface area contributed by atoms with E-state index in [1.165, 1.54) is 4.90 Å². The molecule has 2 nitrogen and oxygen atoms in total. The Morgan fingerprint density at radius 2 is 1.70 bits per heavy atom. The quantitative estimate of drug-likeness (QED) is 0.852. The number of rotatable bonds is 6. The van der Waals surface area contributed by atoms with Crippen molar-refractivity contribution in [2.75, 3.05) is 11.4 Å². The summed E-state index contributed by atoms with van der Waals surface area (Å²) in [4.78, 5) is 1.40. The Bertz CT molecular complexity index is 414. The Labute approximate surface area is 119 Å². The van der Waals surface area contributed by atoms with Crippen LogP contribution in [0.15, 0.2) is 24.3 Å². The van der Waals surface area contributed by atoms with Gasteiger partial charge in [0, 0.05) is 24.3 Å². The van der Waals surface area contributed by atoms with E-state index in [4.69, 9.17) is 0 Å². The van der Waals surface area contributed by atoms with Crippen LogP contribution in [0.25, 0.3) is 0 Å². The average Bonchev–Trinajstić information content (AvgIpc) is 2.32. The molecule has 0 atom stereocenters. The van der Waals surface area contributed by atoms with E-state index in [2.05, 4.69) is 5.32 Å². The van der Waals surface area contributed by atoms with Gasteiger partial charge in [-0.1, -0.05) is 32.0 Å². The summed E-state index contributed by atoms with van der Waals surface area (Å²) in [6, 6.07) is 7.34. The smallest absolute Gasteiger partial charge is 0.360 e. The minimum Gasteiger partial charge on any atom is -0.360 e. The van der Waals surface area contributed by atoms with Gasteiger partial charge in [0.15, 0.2) is 0 Å². The van der Waals surface area contributed by atoms with E-state index in [1.807, 2.05) is 26.0 Å². The van der Waals surface area contributed by atoms with Gasteiger partial charge in [-0.05, 0) is 25.5 Å². The SMILES string of the molecule is CC(C)NCc1ccccc1N(CC(F)(F)F)C(C)C. The second-order valence-electron chi connectivity index (χ2n) is 5.50. The number of anilines is 1. The summed E-state index contributed by atoms with van der Waals surface area (Å²) >= 11 is 0. The molecule has 0 fully saturated rings. The highest BCUT2D eigenvalue weighted by atomic mass is 19.4. The zero-order valence-electron chi connectivity index (χ0n) is 12.5. The fraction of sp³-hybridized carbons (Fsp3) is 0.600. The van der Waals surface area contributed by atoms with Crippen molar-refractivity contribution >= 4 is 5.69 Å². The third kappa shape index (κ3) is 5.41. The van der Waals surface area contributed by atoms with Gasteiger partial charge in [-0.3, -0.25) is 0 Å². The number of hydrogen-bond acceptors (Lipinski definition) is 2. The Hall–Kier alpha value is -1.23. The molecular formula is C15H23F3N2. The van der Waals surface area contributed by atoms with Crippen LogP contribution in [0.5, 0.6) is 0 Å². The van der Waals surface area contributed by atoms with Crippen molar-refractivity contribution in [1.82, 2.24) is 5.32 Å². The topological polar surface area (TPSA) is 15.3 Å². The summed E-state index contributed by atoms with van der Waals surface area (Å²) in [6.07, 6.45) is -4.21. The molecule has 0 saturated carbocycles. The number of nitrogens with zero attached hydrogens (tertiary/aromatic N) is 1. The van der Waals surface area contributed by atoms with E-state index in [-0.39, 0.29) is 12.1 Å². The van der Waals surface area contributed by atoms with Crippen LogP contribution in [0, 0.1) is 0 Å². The molecule has 20 heavy (non-hydrogen) atoms. The monoisotopic (exact) mass is 288 g/mol. The zero-order valence-corrected chi connectivity index (χ0v) is 12.5. The molecular weight excluding hydrogens is 265 g/mol. The molecule has 114 valence electrons. The van der Waals surface area contributed by atoms with Gasteiger partial charge in [-0.25, -0.2) is 0 Å². The fourth-order valence-electron chi connectivity index (χ4n) is 1.99. The van der Waals surface area contributed by atoms with Crippen molar-refractivity contribution < 1.29 is 13.2 Å². The molecule has 0 aliphatic carbocycles. The van der Waals surface area contributed by atoms with Crippen molar-refractivity contribution in [3.63, 3.8) is 0 Å². The molecule has 0 amide bonds. The van der Waals surface area contributed by atoms with Gasteiger partial charge in [-0.2, -0.15) is 13.2 Å². The molecule has 0 bridgehead atoms. The number of benzene rings is 1. The molecule has 0 unspecified atom stereocenters. The first kappa shape index (κ1) is 16.8. The molecule has 0 spiro atoms. The van der Waals surface area contributed by atoms with Crippen molar-refractivity contribution in [2.24, 2.45) is 0 Å². The van der Waals surface area contributed by atoms with Crippen LogP contribution in [0.4, 0.5) is 18.9 Å². The molecule has 0 aromatic heterocycles. The minimum atomic E-state index is -4.21. The fourth-order valence-corrected chi connectivity index (χ4v) is 1.99. The minimum absolute atomic E-state index is 0.211. The number of para-hydroxylation sites is 1. The average molecular weight is 288 g/mol. The van der Waals surface area contributed by atoms with Gasteiger partial charge in [0.1, 0.15) is 6.54 Å². The van der Waals surface area contributed by atoms with Gasteiger partial charge < -0.3 is 10.2 Å². The third-order valence-electron chi connectivity index (χ3n) is 2.97. The molecule has 0 saturated heterocycles. The first-order valence-corrected chi connectivity index (χ1v) is 6.85. The van der Waals surface area contributed by atoms with Crippen LogP contribution in [-0.4, -0.2) is 24.8 Å². The van der Waals surface area contributed by atoms with Crippen molar-refractivity contribution in [3.8, 4) is 0 Å². The molecule has 1 N–H and O–H groups in total. The van der Waals surface area contributed by atoms with Crippen molar-refractivity contribution in [1.29, 1.82) is 0 Å². The number of hydrogen-bond donors (Lipinski definition) is 1. The lowest BCUT2D eigenvalue weighted by Gasteiger charge is -2.32. The summed E-state index contributed by atoms with van der Waals surface area (Å²) in [5.41, 5.74) is 1.53. The van der Waals surface area contributed by atoms with Crippen LogP contribution in [0.2, 0.25) is 0 Å². The van der Waals surface area contributed by atoms with Crippen LogP contribution in [-0.2, 0) is 6.54 Å². The van der Waals surface area contributed by atoms with E-state index in [9.17, 15) is 13.2 Å². The van der Waals surface area contributed by atoms with Crippen LogP contribution >= 0.6 is 0 Å². The summed E-state index contributed by atoms with van der Waals surface area (Å²) in [7, 11) is 0. The highest BCUT2D eigenvalue weighted by Gasteiger charge is 2.32. The maximum absolute atomic E-state index is 12.7. The largest absolute Gasteiger partial charge is 0.405 e. The summed E-state index contributed by atoms with van der Waals surface area (Å²) < 4.78 is 38.2. The maximum atomic E-state index is 12.7. The normalized spacial score (nSPS) is 12.2. The molecule has 0 radical (unpaired) electrons. The summed E-state index contributed by atoms with van der Waals surface area (Å²) in [6.45, 7) is 7.21. The molecule has 0 aliphatic heterocycles. The number of alkyl halides is 3. The Balaban J connectivity index is 3.01. The summed E-state index contributed by atoms with van der Waals surface area (Å²) in [5, 5.41) is 3.25. The maximum Gasteiger partial charge on any atom is 0.405 e. The van der Waals surface area contributed by atoms with E-state index in [0.29, 0.717) is 12.2 Å². The lowest BCUT2D eigenvalue weighted by molar-refractivity contribution is -0.120. The molecule has 1 rings (SSSR count). The molecule has 5 heteroatoms. The first-order valence-electron chi connectivity index (χ1n) is 6.85. The second kappa shape index (κ2) is 6.97. The Morgan fingerprint density at radius 1 is 1.10 bits per heavy atom. The number of nitrogens with one attached hydrogen (secondary N) is 1. The standard InChI is InChI=1S/C15H23F3N2/c1-11(2)19-9-13-7-5-6-8-14(13)20(12(3)4)10-15(16,17)18/h5-8,11-12,19H,9-10H2,1-4H3. The van der Waals surface area contributed by atoms with Gasteiger partial charge in [-0.15, -0.1) is 0 Å². The molecule has 1 aromatic rings. The lowest BCUT2D eigenvalue weighted by Crippen LogP contribution is -2.40. The highest BCUT2D eigenvalue weighted by molar-refractivity contribution is 5.54. The zero-order chi connectivity index (χ0) is 15.3. The predicted octanol–water partition coefficient (Wildman–Crippen LogP) is 3.96. The highest BCUT2D eigenvalue weighted by Crippen LogP contribution is 2.27. The predicted molar refractivity (Wildman–Crippen MR) is 77.0 cm³/mol. The van der Waals surface area contributed by atoms with Gasteiger partial charge in [0.05, 0.1) is 0 Å². The molecule has 0 aliphatic rings. The Kier molecular flexibility index (Phi) is 5.87. The van der Waals surface area contributed by atoms with E-state index in [1.54, 1.807) is 26.0 Å². The van der Waals surface area contributed by atoms with E-state index >= 15 is 0 Å². The van der Waals surface area contributed by atoms with Gasteiger partial charge in [0.2, 0.25) is 0 Å². The molecule has 0 heterocycles. The van der Waals surface area contributed by atoms with Crippen LogP contribution in [0.3, 0.4) is 0 Å². The van der Waals surface area contributed by atoms with E-state index < -0.39 is 12.7 Å². The van der Waals surface area contributed by atoms with E-state index in [0.717, 1.165) is 5.56 Å². The number of halogens is 3. The van der Waals surface area contributed by atoms with Crippen LogP contribution < -0.4 is 10.2 Å². The lowest BCUT2D eigenvalue weighted by atomic mass is 10.1. The van der Waals surface area contributed by atoms with Gasteiger partial charge >= 0.3 is 6.18 Å². The van der Waals surface area contributed by atoms with Crippen molar-refractivity contribution in [3.05, 3.63) is 29.8 Å². The van der Waals surface area contributed by atoms with Crippen LogP contribution in [0.1, 0.15) is 33.3 Å². The summed E-state index contributed by atoms with van der Waals surface area (Å²) in [5.74, 6) is 0. The Morgan fingerprint density at radius 3 is 2.20 bits per heavy atom. The third-order valence-corrected chi connectivity index (χ3v) is 2.97. The second-order valence-corrected chi connectivity index (χ2v) is 5.50. The molecule has 1 aromatic carbocycles.